The van der Waals surface area contributed by atoms with E-state index in [1.54, 1.807) is 51.8 Å². The van der Waals surface area contributed by atoms with Crippen molar-refractivity contribution >= 4 is 29.5 Å². The van der Waals surface area contributed by atoms with Crippen LogP contribution in [0.15, 0.2) is 30.3 Å². The number of nitrogens with two attached hydrogens (primary N) is 1. The predicted octanol–water partition coefficient (Wildman–Crippen LogP) is 2.26. The van der Waals surface area contributed by atoms with Gasteiger partial charge >= 0.3 is 0 Å². The highest BCUT2D eigenvalue weighted by Gasteiger charge is 2.43. The first-order valence-electron chi connectivity index (χ1n) is 18.2. The normalized spacial score (nSPS) is 19.0. The highest BCUT2D eigenvalue weighted by atomic mass is 16.5. The van der Waals surface area contributed by atoms with E-state index in [9.17, 15) is 24.0 Å². The average molecular weight is 717 g/mol. The van der Waals surface area contributed by atoms with Gasteiger partial charge in [0.05, 0.1) is 42.2 Å². The Labute approximate surface area is 305 Å². The number of benzene rings is 1. The van der Waals surface area contributed by atoms with Crippen LogP contribution in [-0.4, -0.2) is 116 Å². The van der Waals surface area contributed by atoms with Crippen LogP contribution in [-0.2, 0) is 39.9 Å². The fraction of sp³-hybridized carbons (Fsp3) is 0.711. The van der Waals surface area contributed by atoms with E-state index in [0.29, 0.717) is 13.0 Å². The average Bonchev–Trinajstić information content (AvgIpc) is 3.59. The summed E-state index contributed by atoms with van der Waals surface area (Å²) in [6, 6.07) is 6.77. The van der Waals surface area contributed by atoms with Crippen molar-refractivity contribution in [1.29, 1.82) is 0 Å². The zero-order valence-corrected chi connectivity index (χ0v) is 32.7. The molecular formula is C38H64N6O7. The van der Waals surface area contributed by atoms with Gasteiger partial charge in [-0.15, -0.1) is 0 Å². The number of amides is 5. The molecule has 51 heavy (non-hydrogen) atoms. The molecule has 13 nitrogen and oxygen atoms in total. The molecule has 0 aromatic heterocycles. The summed E-state index contributed by atoms with van der Waals surface area (Å²) in [7, 11) is 6.46. The number of hydrogen-bond acceptors (Lipinski definition) is 8. The van der Waals surface area contributed by atoms with E-state index in [0.717, 1.165) is 18.4 Å². The molecule has 0 bridgehead atoms. The lowest BCUT2D eigenvalue weighted by atomic mass is 9.89. The smallest absolute Gasteiger partial charge is 0.245 e. The first-order chi connectivity index (χ1) is 23.9. The molecule has 288 valence electrons. The van der Waals surface area contributed by atoms with E-state index in [-0.39, 0.29) is 48.4 Å². The molecule has 1 aliphatic heterocycles. The summed E-state index contributed by atoms with van der Waals surface area (Å²) in [5.41, 5.74) is 5.65. The number of carbonyl (C=O) groups is 5. The van der Waals surface area contributed by atoms with Gasteiger partial charge in [-0.2, -0.15) is 0 Å². The monoisotopic (exact) mass is 716 g/mol. The molecule has 2 rings (SSSR count). The van der Waals surface area contributed by atoms with Gasteiger partial charge in [0, 0.05) is 34.2 Å². The van der Waals surface area contributed by atoms with Gasteiger partial charge in [0.15, 0.2) is 0 Å². The second-order valence-corrected chi connectivity index (χ2v) is 14.8. The fourth-order valence-electron chi connectivity index (χ4n) is 6.85. The Morgan fingerprint density at radius 1 is 1.02 bits per heavy atom. The van der Waals surface area contributed by atoms with Gasteiger partial charge in [-0.25, -0.2) is 0 Å². The molecule has 1 aliphatic rings. The lowest BCUT2D eigenvalue weighted by Crippen LogP contribution is -2.61. The van der Waals surface area contributed by atoms with E-state index < -0.39 is 53.6 Å². The van der Waals surface area contributed by atoms with E-state index in [1.165, 1.54) is 7.11 Å². The zero-order chi connectivity index (χ0) is 38.6. The number of likely N-dealkylation sites (tertiary alicyclic amines) is 1. The quantitative estimate of drug-likeness (QED) is 0.159. The van der Waals surface area contributed by atoms with Crippen LogP contribution in [0, 0.1) is 17.8 Å². The minimum Gasteiger partial charge on any atom is -0.379 e. The van der Waals surface area contributed by atoms with Crippen molar-refractivity contribution in [3.8, 4) is 0 Å². The van der Waals surface area contributed by atoms with Crippen LogP contribution in [0.4, 0.5) is 0 Å². The highest BCUT2D eigenvalue weighted by molar-refractivity contribution is 5.92. The van der Waals surface area contributed by atoms with Crippen molar-refractivity contribution in [2.24, 2.45) is 23.5 Å². The molecular weight excluding hydrogens is 652 g/mol. The number of primary amides is 1. The topological polar surface area (TPSA) is 172 Å². The van der Waals surface area contributed by atoms with Gasteiger partial charge in [-0.05, 0) is 51.1 Å². The molecule has 1 aromatic rings. The van der Waals surface area contributed by atoms with Crippen molar-refractivity contribution in [1.82, 2.24) is 25.8 Å². The number of hydrogen-bond donors (Lipinski definition) is 4. The molecule has 1 fully saturated rings. The Balaban J connectivity index is 2.26. The maximum atomic E-state index is 14.1. The van der Waals surface area contributed by atoms with Crippen LogP contribution < -0.4 is 21.7 Å². The van der Waals surface area contributed by atoms with E-state index in [1.807, 2.05) is 58.0 Å². The second-order valence-electron chi connectivity index (χ2n) is 14.8. The molecule has 1 heterocycles. The third-order valence-corrected chi connectivity index (χ3v) is 10.6. The zero-order valence-electron chi connectivity index (χ0n) is 32.7. The molecule has 5 N–H and O–H groups in total. The van der Waals surface area contributed by atoms with Crippen molar-refractivity contribution in [3.05, 3.63) is 35.9 Å². The minimum atomic E-state index is -0.903. The van der Waals surface area contributed by atoms with Gasteiger partial charge in [0.1, 0.15) is 12.1 Å². The summed E-state index contributed by atoms with van der Waals surface area (Å²) in [5.74, 6) is -2.67. The Morgan fingerprint density at radius 2 is 1.65 bits per heavy atom. The number of likely N-dealkylation sites (N-methyl/N-ethyl adjacent to an activating group) is 2. The highest BCUT2D eigenvalue weighted by Crippen LogP contribution is 2.29. The summed E-state index contributed by atoms with van der Waals surface area (Å²) in [4.78, 5) is 70.4. The Kier molecular flexibility index (Phi) is 17.0. The van der Waals surface area contributed by atoms with Gasteiger partial charge < -0.3 is 41.0 Å². The summed E-state index contributed by atoms with van der Waals surface area (Å²) < 4.78 is 11.9. The van der Waals surface area contributed by atoms with E-state index in [4.69, 9.17) is 15.2 Å². The van der Waals surface area contributed by atoms with Crippen LogP contribution in [0.2, 0.25) is 0 Å². The Bertz CT molecular complexity index is 1310. The number of methoxy groups -OCH3 is 2. The van der Waals surface area contributed by atoms with Gasteiger partial charge in [0.25, 0.3) is 0 Å². The largest absolute Gasteiger partial charge is 0.379 e. The molecule has 0 aliphatic carbocycles. The third kappa shape index (κ3) is 11.5. The number of ether oxygens (including phenoxy) is 2. The summed E-state index contributed by atoms with van der Waals surface area (Å²) in [6.45, 7) is 13.5. The van der Waals surface area contributed by atoms with Crippen LogP contribution in [0.1, 0.15) is 79.7 Å². The lowest BCUT2D eigenvalue weighted by Gasteiger charge is -2.41. The molecule has 1 aromatic carbocycles. The maximum absolute atomic E-state index is 14.1. The number of nitrogens with zero attached hydrogens (tertiary/aromatic N) is 2. The predicted molar refractivity (Wildman–Crippen MR) is 197 cm³/mol. The lowest BCUT2D eigenvalue weighted by molar-refractivity contribution is -0.148. The molecule has 7 unspecified atom stereocenters. The van der Waals surface area contributed by atoms with Crippen LogP contribution in [0.3, 0.4) is 0 Å². The molecule has 1 saturated heterocycles. The van der Waals surface area contributed by atoms with E-state index in [2.05, 4.69) is 16.0 Å². The summed E-state index contributed by atoms with van der Waals surface area (Å²) in [5, 5.41) is 8.72. The molecule has 8 atom stereocenters. The van der Waals surface area contributed by atoms with Crippen molar-refractivity contribution in [2.75, 3.05) is 34.9 Å². The van der Waals surface area contributed by atoms with Crippen LogP contribution >= 0.6 is 0 Å². The summed E-state index contributed by atoms with van der Waals surface area (Å²) in [6.07, 6.45) is 1.06. The Morgan fingerprint density at radius 3 is 2.16 bits per heavy atom. The fourth-order valence-corrected chi connectivity index (χ4v) is 6.85. The molecule has 5 amide bonds. The van der Waals surface area contributed by atoms with Gasteiger partial charge in [-0.3, -0.25) is 24.0 Å². The molecule has 13 heteroatoms. The van der Waals surface area contributed by atoms with Crippen LogP contribution in [0.25, 0.3) is 0 Å². The molecule has 0 saturated carbocycles. The van der Waals surface area contributed by atoms with Gasteiger partial charge in [0.2, 0.25) is 29.5 Å². The first-order valence-corrected chi connectivity index (χ1v) is 18.2. The second kappa shape index (κ2) is 19.9. The van der Waals surface area contributed by atoms with Gasteiger partial charge in [-0.1, -0.05) is 71.4 Å². The van der Waals surface area contributed by atoms with Crippen LogP contribution in [0.5, 0.6) is 0 Å². The summed E-state index contributed by atoms with van der Waals surface area (Å²) >= 11 is 0. The molecule has 0 radical (unpaired) electrons. The van der Waals surface area contributed by atoms with E-state index >= 15 is 0 Å². The maximum Gasteiger partial charge on any atom is 0.245 e. The first kappa shape index (κ1) is 43.6. The minimum absolute atomic E-state index is 0.00293. The number of rotatable bonds is 20. The Hall–Kier alpha value is -3.55. The SMILES string of the molecule is CCC(C)C(C(CC(=O)N1CCC[C@H]1C(OC)C(C)C(=O)NC(Cc1ccccc1)C(N)=O)OC)N(C)C(=O)C(NC(=O)C(C)(C)NC)C(C)C. The third-order valence-electron chi connectivity index (χ3n) is 10.6. The van der Waals surface area contributed by atoms with Crippen molar-refractivity contribution in [2.45, 2.75) is 122 Å². The number of carbonyl (C=O) groups excluding carboxylic acids is 5. The van der Waals surface area contributed by atoms with Crippen molar-refractivity contribution < 1.29 is 33.4 Å². The number of nitrogens with one attached hydrogen (secondary N) is 3. The molecule has 0 spiro atoms. The standard InChI is InChI=1S/C38H64N6O7/c1-12-24(4)32(43(9)36(48)31(23(2)3)42-37(49)38(6,7)40-8)29(50-10)22-30(45)44-20-16-19-28(44)33(51-11)25(5)35(47)41-27(34(39)46)21-26-17-14-13-15-18-26/h13-15,17-18,23-25,27-29,31-33,40H,12,16,19-22H2,1-11H3,(H2,39,46)(H,41,47)(H,42,49)/t24?,25?,27?,28-,29?,31?,32?,33?/m0/s1. The van der Waals surface area contributed by atoms with Crippen molar-refractivity contribution in [3.63, 3.8) is 0 Å².